The van der Waals surface area contributed by atoms with Crippen molar-refractivity contribution in [3.63, 3.8) is 0 Å². The SMILES string of the molecule is O=C(O)c1ccc(F)c(NCc2c[nH]c3ccccc23)c1. The lowest BCUT2D eigenvalue weighted by molar-refractivity contribution is 0.0697. The van der Waals surface area contributed by atoms with E-state index in [-0.39, 0.29) is 11.3 Å². The van der Waals surface area contributed by atoms with Crippen LogP contribution in [0, 0.1) is 5.82 Å². The monoisotopic (exact) mass is 284 g/mol. The summed E-state index contributed by atoms with van der Waals surface area (Å²) >= 11 is 0. The first kappa shape index (κ1) is 13.2. The molecule has 0 bridgehead atoms. The molecule has 3 rings (SSSR count). The lowest BCUT2D eigenvalue weighted by Crippen LogP contribution is -2.04. The molecular weight excluding hydrogens is 271 g/mol. The Labute approximate surface area is 120 Å². The molecule has 4 nitrogen and oxygen atoms in total. The van der Waals surface area contributed by atoms with Crippen LogP contribution in [0.15, 0.2) is 48.7 Å². The second-order valence-electron chi connectivity index (χ2n) is 4.71. The Kier molecular flexibility index (Phi) is 3.31. The normalized spacial score (nSPS) is 10.7. The second-order valence-corrected chi connectivity index (χ2v) is 4.71. The van der Waals surface area contributed by atoms with E-state index in [1.165, 1.54) is 12.1 Å². The van der Waals surface area contributed by atoms with Gasteiger partial charge in [0.1, 0.15) is 5.82 Å². The summed E-state index contributed by atoms with van der Waals surface area (Å²) in [5, 5.41) is 12.9. The highest BCUT2D eigenvalue weighted by atomic mass is 19.1. The van der Waals surface area contributed by atoms with Crippen LogP contribution in [-0.2, 0) is 6.54 Å². The summed E-state index contributed by atoms with van der Waals surface area (Å²) in [5.74, 6) is -1.55. The van der Waals surface area contributed by atoms with Crippen LogP contribution in [0.5, 0.6) is 0 Å². The lowest BCUT2D eigenvalue weighted by Gasteiger charge is -2.08. The maximum absolute atomic E-state index is 13.7. The van der Waals surface area contributed by atoms with Gasteiger partial charge in [0.25, 0.3) is 0 Å². The van der Waals surface area contributed by atoms with E-state index in [2.05, 4.69) is 10.3 Å². The zero-order valence-electron chi connectivity index (χ0n) is 11.1. The highest BCUT2D eigenvalue weighted by Crippen LogP contribution is 2.21. The Morgan fingerprint density at radius 1 is 1.24 bits per heavy atom. The Hall–Kier alpha value is -2.82. The highest BCUT2D eigenvalue weighted by molar-refractivity contribution is 5.89. The van der Waals surface area contributed by atoms with Crippen molar-refractivity contribution in [3.8, 4) is 0 Å². The first-order valence-electron chi connectivity index (χ1n) is 6.47. The van der Waals surface area contributed by atoms with Gasteiger partial charge in [-0.15, -0.1) is 0 Å². The topological polar surface area (TPSA) is 65.1 Å². The molecule has 0 unspecified atom stereocenters. The number of rotatable bonds is 4. The molecule has 3 N–H and O–H groups in total. The molecule has 0 aliphatic heterocycles. The molecule has 106 valence electrons. The highest BCUT2D eigenvalue weighted by Gasteiger charge is 2.09. The van der Waals surface area contributed by atoms with Gasteiger partial charge in [-0.1, -0.05) is 18.2 Å². The Bertz CT molecular complexity index is 811. The molecule has 0 aliphatic rings. The van der Waals surface area contributed by atoms with Crippen molar-refractivity contribution < 1.29 is 14.3 Å². The van der Waals surface area contributed by atoms with Gasteiger partial charge in [0, 0.05) is 23.6 Å². The molecule has 2 aromatic carbocycles. The van der Waals surface area contributed by atoms with Gasteiger partial charge in [0.05, 0.1) is 11.3 Å². The summed E-state index contributed by atoms with van der Waals surface area (Å²) in [6, 6.07) is 11.5. The minimum atomic E-state index is -1.08. The van der Waals surface area contributed by atoms with Gasteiger partial charge in [-0.3, -0.25) is 0 Å². The molecule has 0 atom stereocenters. The van der Waals surface area contributed by atoms with E-state index in [0.717, 1.165) is 22.5 Å². The molecule has 0 radical (unpaired) electrons. The van der Waals surface area contributed by atoms with Crippen molar-refractivity contribution in [2.24, 2.45) is 0 Å². The van der Waals surface area contributed by atoms with E-state index in [9.17, 15) is 9.18 Å². The van der Waals surface area contributed by atoms with Crippen LogP contribution in [-0.4, -0.2) is 16.1 Å². The number of aromatic amines is 1. The minimum Gasteiger partial charge on any atom is -0.478 e. The number of hydrogen-bond donors (Lipinski definition) is 3. The summed E-state index contributed by atoms with van der Waals surface area (Å²) in [6.45, 7) is 0.407. The predicted molar refractivity (Wildman–Crippen MR) is 79.0 cm³/mol. The molecule has 1 aromatic heterocycles. The average molecular weight is 284 g/mol. The third-order valence-electron chi connectivity index (χ3n) is 3.36. The fourth-order valence-corrected chi connectivity index (χ4v) is 2.26. The number of fused-ring (bicyclic) bond motifs is 1. The van der Waals surface area contributed by atoms with Crippen LogP contribution in [0.3, 0.4) is 0 Å². The number of para-hydroxylation sites is 1. The molecule has 21 heavy (non-hydrogen) atoms. The van der Waals surface area contributed by atoms with Crippen molar-refractivity contribution in [1.82, 2.24) is 4.98 Å². The van der Waals surface area contributed by atoms with Gasteiger partial charge < -0.3 is 15.4 Å². The molecule has 0 aliphatic carbocycles. The third kappa shape index (κ3) is 2.58. The van der Waals surface area contributed by atoms with Crippen molar-refractivity contribution in [3.05, 3.63) is 65.6 Å². The van der Waals surface area contributed by atoms with Gasteiger partial charge in [-0.2, -0.15) is 0 Å². The van der Waals surface area contributed by atoms with E-state index in [1.807, 2.05) is 30.5 Å². The largest absolute Gasteiger partial charge is 0.478 e. The zero-order chi connectivity index (χ0) is 14.8. The minimum absolute atomic E-state index is 0.0535. The number of aromatic carboxylic acids is 1. The summed E-state index contributed by atoms with van der Waals surface area (Å²) < 4.78 is 13.7. The maximum Gasteiger partial charge on any atom is 0.335 e. The predicted octanol–water partition coefficient (Wildman–Crippen LogP) is 3.62. The number of benzene rings is 2. The zero-order valence-corrected chi connectivity index (χ0v) is 11.1. The number of aromatic nitrogens is 1. The third-order valence-corrected chi connectivity index (χ3v) is 3.36. The Morgan fingerprint density at radius 2 is 2.05 bits per heavy atom. The van der Waals surface area contributed by atoms with Crippen molar-refractivity contribution >= 4 is 22.6 Å². The van der Waals surface area contributed by atoms with Gasteiger partial charge >= 0.3 is 5.97 Å². The van der Waals surface area contributed by atoms with E-state index in [0.29, 0.717) is 6.54 Å². The van der Waals surface area contributed by atoms with E-state index in [4.69, 9.17) is 5.11 Å². The summed E-state index contributed by atoms with van der Waals surface area (Å²) in [4.78, 5) is 14.1. The molecule has 3 aromatic rings. The maximum atomic E-state index is 13.7. The summed E-state index contributed by atoms with van der Waals surface area (Å²) in [5.41, 5.74) is 2.23. The van der Waals surface area contributed by atoms with Crippen molar-refractivity contribution in [1.29, 1.82) is 0 Å². The van der Waals surface area contributed by atoms with Crippen LogP contribution in [0.4, 0.5) is 10.1 Å². The number of carbonyl (C=O) groups is 1. The smallest absolute Gasteiger partial charge is 0.335 e. The van der Waals surface area contributed by atoms with Gasteiger partial charge in [-0.05, 0) is 29.8 Å². The van der Waals surface area contributed by atoms with E-state index in [1.54, 1.807) is 0 Å². The first-order valence-corrected chi connectivity index (χ1v) is 6.47. The molecule has 0 saturated heterocycles. The number of anilines is 1. The number of H-pyrrole nitrogens is 1. The number of carboxylic acid groups (broad SMARTS) is 1. The van der Waals surface area contributed by atoms with Crippen LogP contribution < -0.4 is 5.32 Å². The fourth-order valence-electron chi connectivity index (χ4n) is 2.26. The first-order chi connectivity index (χ1) is 10.1. The van der Waals surface area contributed by atoms with Gasteiger partial charge in [0.15, 0.2) is 0 Å². The molecule has 5 heteroatoms. The molecular formula is C16H13FN2O2. The van der Waals surface area contributed by atoms with Crippen LogP contribution in [0.1, 0.15) is 15.9 Å². The quantitative estimate of drug-likeness (QED) is 0.685. The van der Waals surface area contributed by atoms with Crippen LogP contribution in [0.2, 0.25) is 0 Å². The fraction of sp³-hybridized carbons (Fsp3) is 0.0625. The Balaban J connectivity index is 1.84. The van der Waals surface area contributed by atoms with E-state index < -0.39 is 11.8 Å². The molecule has 0 saturated carbocycles. The van der Waals surface area contributed by atoms with Crippen LogP contribution in [0.25, 0.3) is 10.9 Å². The summed E-state index contributed by atoms with van der Waals surface area (Å²) in [7, 11) is 0. The summed E-state index contributed by atoms with van der Waals surface area (Å²) in [6.07, 6.45) is 1.86. The van der Waals surface area contributed by atoms with E-state index >= 15 is 0 Å². The van der Waals surface area contributed by atoms with Crippen molar-refractivity contribution in [2.75, 3.05) is 5.32 Å². The number of nitrogens with one attached hydrogen (secondary N) is 2. The number of hydrogen-bond acceptors (Lipinski definition) is 2. The molecule has 0 spiro atoms. The lowest BCUT2D eigenvalue weighted by atomic mass is 10.1. The van der Waals surface area contributed by atoms with Gasteiger partial charge in [0.2, 0.25) is 0 Å². The van der Waals surface area contributed by atoms with Crippen LogP contribution >= 0.6 is 0 Å². The standard InChI is InChI=1S/C16H13FN2O2/c17-13-6-5-10(16(20)21)7-15(13)19-9-11-8-18-14-4-2-1-3-12(11)14/h1-8,18-19H,9H2,(H,20,21). The Morgan fingerprint density at radius 3 is 2.86 bits per heavy atom. The van der Waals surface area contributed by atoms with Crippen molar-refractivity contribution in [2.45, 2.75) is 6.54 Å². The molecule has 1 heterocycles. The number of halogens is 1. The van der Waals surface area contributed by atoms with Gasteiger partial charge in [-0.25, -0.2) is 9.18 Å². The second kappa shape index (κ2) is 5.28. The molecule has 0 fully saturated rings. The molecule has 0 amide bonds. The average Bonchev–Trinajstić information content (AvgIpc) is 2.89. The number of carboxylic acids is 1.